The first-order chi connectivity index (χ1) is 12.6. The lowest BCUT2D eigenvalue weighted by Gasteiger charge is -2.13. The Morgan fingerprint density at radius 2 is 1.22 bits per heavy atom. The summed E-state index contributed by atoms with van der Waals surface area (Å²) >= 11 is 0. The Morgan fingerprint density at radius 3 is 1.59 bits per heavy atom. The van der Waals surface area contributed by atoms with E-state index in [-0.39, 0.29) is 29.8 Å². The van der Waals surface area contributed by atoms with Gasteiger partial charge in [-0.15, -0.1) is 17.0 Å². The number of hydrogen-bond donors (Lipinski definition) is 3. The Morgan fingerprint density at radius 1 is 0.815 bits per heavy atom. The molecule has 0 saturated heterocycles. The number of carbonyl (C=O) groups is 2. The van der Waals surface area contributed by atoms with E-state index in [1.54, 1.807) is 0 Å². The molecule has 0 aromatic heterocycles. The maximum atomic E-state index is 11.1. The van der Waals surface area contributed by atoms with Gasteiger partial charge in [-0.3, -0.25) is 9.59 Å². The van der Waals surface area contributed by atoms with Gasteiger partial charge in [-0.2, -0.15) is 0 Å². The molecule has 0 aromatic carbocycles. The van der Waals surface area contributed by atoms with Gasteiger partial charge in [-0.1, -0.05) is 90.4 Å². The van der Waals surface area contributed by atoms with Crippen LogP contribution in [0.25, 0.3) is 0 Å². The van der Waals surface area contributed by atoms with E-state index in [4.69, 9.17) is 10.8 Å². The maximum absolute atomic E-state index is 11.1. The molecule has 0 saturated carbocycles. The number of amides is 1. The van der Waals surface area contributed by atoms with Crippen LogP contribution in [0.3, 0.4) is 0 Å². The molecular formula is C21H43BrN2O3. The van der Waals surface area contributed by atoms with E-state index in [0.29, 0.717) is 6.54 Å². The molecule has 1 amide bonds. The molecule has 162 valence electrons. The lowest BCUT2D eigenvalue weighted by Crippen LogP contribution is -2.38. The van der Waals surface area contributed by atoms with Crippen LogP contribution < -0.4 is 11.1 Å². The van der Waals surface area contributed by atoms with Crippen molar-refractivity contribution >= 4 is 28.9 Å². The third-order valence-electron chi connectivity index (χ3n) is 4.90. The molecule has 0 fully saturated rings. The molecule has 0 aliphatic rings. The Bertz CT molecular complexity index is 354. The molecular weight excluding hydrogens is 408 g/mol. The summed E-state index contributed by atoms with van der Waals surface area (Å²) in [5.41, 5.74) is 5.07. The van der Waals surface area contributed by atoms with Crippen LogP contribution in [0.2, 0.25) is 0 Å². The van der Waals surface area contributed by atoms with Gasteiger partial charge in [0.15, 0.2) is 0 Å². The standard InChI is InChI=1S/C21H42N2O3.BrH/c1-2-3-4-5-6-7-8-9-10-11-12-13-14-15-18-23-19(21(25)26)16-17-20(22)24;/h19,23H,2-18H2,1H3,(H2,22,24)(H,25,26);1H/t19-;/m1./s1. The van der Waals surface area contributed by atoms with Gasteiger partial charge < -0.3 is 16.2 Å². The fourth-order valence-corrected chi connectivity index (χ4v) is 3.20. The summed E-state index contributed by atoms with van der Waals surface area (Å²) in [4.78, 5) is 21.8. The van der Waals surface area contributed by atoms with Crippen molar-refractivity contribution in [2.75, 3.05) is 6.54 Å². The minimum atomic E-state index is -0.906. The normalized spacial score (nSPS) is 11.7. The second-order valence-corrected chi connectivity index (χ2v) is 7.45. The molecule has 0 heterocycles. The van der Waals surface area contributed by atoms with Gasteiger partial charge in [0, 0.05) is 6.42 Å². The summed E-state index contributed by atoms with van der Waals surface area (Å²) in [6.07, 6.45) is 18.8. The zero-order valence-electron chi connectivity index (χ0n) is 17.3. The van der Waals surface area contributed by atoms with Gasteiger partial charge in [0.1, 0.15) is 6.04 Å². The molecule has 27 heavy (non-hydrogen) atoms. The van der Waals surface area contributed by atoms with Crippen molar-refractivity contribution < 1.29 is 14.7 Å². The van der Waals surface area contributed by atoms with E-state index in [0.717, 1.165) is 12.8 Å². The van der Waals surface area contributed by atoms with Gasteiger partial charge in [0.05, 0.1) is 0 Å². The fourth-order valence-electron chi connectivity index (χ4n) is 3.20. The second kappa shape index (κ2) is 21.7. The average Bonchev–Trinajstić information content (AvgIpc) is 2.60. The van der Waals surface area contributed by atoms with Crippen molar-refractivity contribution in [3.8, 4) is 0 Å². The van der Waals surface area contributed by atoms with Gasteiger partial charge >= 0.3 is 5.97 Å². The van der Waals surface area contributed by atoms with Crippen molar-refractivity contribution in [1.82, 2.24) is 5.32 Å². The van der Waals surface area contributed by atoms with E-state index < -0.39 is 17.9 Å². The highest BCUT2D eigenvalue weighted by atomic mass is 79.9. The molecule has 0 aliphatic heterocycles. The maximum Gasteiger partial charge on any atom is 0.320 e. The Balaban J connectivity index is 0. The van der Waals surface area contributed by atoms with Crippen molar-refractivity contribution in [1.29, 1.82) is 0 Å². The Labute approximate surface area is 177 Å². The minimum Gasteiger partial charge on any atom is -0.480 e. The highest BCUT2D eigenvalue weighted by Gasteiger charge is 2.16. The molecule has 0 bridgehead atoms. The zero-order valence-corrected chi connectivity index (χ0v) is 19.1. The van der Waals surface area contributed by atoms with Gasteiger partial charge in [-0.05, 0) is 19.4 Å². The number of carboxylic acids is 1. The van der Waals surface area contributed by atoms with E-state index in [1.165, 1.54) is 77.0 Å². The van der Waals surface area contributed by atoms with Crippen LogP contribution in [0, 0.1) is 0 Å². The SMILES string of the molecule is Br.CCCCCCCCCCCCCCCCN[C@H](CCC(N)=O)C(=O)O. The van der Waals surface area contributed by atoms with Crippen molar-refractivity contribution in [2.24, 2.45) is 5.73 Å². The summed E-state index contributed by atoms with van der Waals surface area (Å²) in [5, 5.41) is 12.1. The molecule has 0 aromatic rings. The number of carboxylic acid groups (broad SMARTS) is 1. The van der Waals surface area contributed by atoms with Gasteiger partial charge in [0.2, 0.25) is 5.91 Å². The number of rotatable bonds is 20. The van der Waals surface area contributed by atoms with E-state index >= 15 is 0 Å². The molecule has 1 atom stereocenters. The average molecular weight is 451 g/mol. The van der Waals surface area contributed by atoms with Crippen LogP contribution in [0.4, 0.5) is 0 Å². The molecule has 6 heteroatoms. The number of carbonyl (C=O) groups excluding carboxylic acids is 1. The highest BCUT2D eigenvalue weighted by molar-refractivity contribution is 8.93. The van der Waals surface area contributed by atoms with Crippen LogP contribution in [0.1, 0.15) is 110 Å². The third-order valence-corrected chi connectivity index (χ3v) is 4.90. The van der Waals surface area contributed by atoms with Crippen LogP contribution in [-0.2, 0) is 9.59 Å². The summed E-state index contributed by atoms with van der Waals surface area (Å²) in [7, 11) is 0. The molecule has 0 unspecified atom stereocenters. The van der Waals surface area contributed by atoms with Crippen LogP contribution in [0.15, 0.2) is 0 Å². The van der Waals surface area contributed by atoms with E-state index in [9.17, 15) is 9.59 Å². The zero-order chi connectivity index (χ0) is 19.5. The molecule has 0 radical (unpaired) electrons. The summed E-state index contributed by atoms with van der Waals surface area (Å²) in [6.45, 7) is 2.95. The number of nitrogens with two attached hydrogens (primary N) is 1. The van der Waals surface area contributed by atoms with Gasteiger partial charge in [-0.25, -0.2) is 0 Å². The smallest absolute Gasteiger partial charge is 0.320 e. The van der Waals surface area contributed by atoms with Crippen LogP contribution in [-0.4, -0.2) is 29.6 Å². The lowest BCUT2D eigenvalue weighted by atomic mass is 10.0. The number of aliphatic carboxylic acids is 1. The molecule has 0 spiro atoms. The van der Waals surface area contributed by atoms with E-state index in [1.807, 2.05) is 0 Å². The predicted molar refractivity (Wildman–Crippen MR) is 118 cm³/mol. The van der Waals surface area contributed by atoms with Crippen LogP contribution >= 0.6 is 17.0 Å². The number of hydrogen-bond acceptors (Lipinski definition) is 3. The first-order valence-electron chi connectivity index (χ1n) is 10.8. The van der Waals surface area contributed by atoms with Gasteiger partial charge in [0.25, 0.3) is 0 Å². The Hall–Kier alpha value is -0.620. The first-order valence-corrected chi connectivity index (χ1v) is 10.8. The minimum absolute atomic E-state index is 0. The second-order valence-electron chi connectivity index (χ2n) is 7.45. The van der Waals surface area contributed by atoms with E-state index in [2.05, 4.69) is 12.2 Å². The summed E-state index contributed by atoms with van der Waals surface area (Å²) in [5.74, 6) is -1.36. The number of primary amides is 1. The quantitative estimate of drug-likeness (QED) is 0.218. The number of nitrogens with one attached hydrogen (secondary N) is 1. The molecule has 0 rings (SSSR count). The first kappa shape index (κ1) is 28.6. The monoisotopic (exact) mass is 450 g/mol. The molecule has 0 aliphatic carbocycles. The Kier molecular flexibility index (Phi) is 23.0. The van der Waals surface area contributed by atoms with Crippen LogP contribution in [0.5, 0.6) is 0 Å². The van der Waals surface area contributed by atoms with Crippen molar-refractivity contribution in [3.63, 3.8) is 0 Å². The highest BCUT2D eigenvalue weighted by Crippen LogP contribution is 2.12. The fraction of sp³-hybridized carbons (Fsp3) is 0.905. The summed E-state index contributed by atoms with van der Waals surface area (Å²) < 4.78 is 0. The topological polar surface area (TPSA) is 92.4 Å². The number of unbranched alkanes of at least 4 members (excludes halogenated alkanes) is 13. The largest absolute Gasteiger partial charge is 0.480 e. The molecule has 5 nitrogen and oxygen atoms in total. The predicted octanol–water partition coefficient (Wildman–Crippen LogP) is 5.35. The third kappa shape index (κ3) is 21.5. The van der Waals surface area contributed by atoms with Crippen molar-refractivity contribution in [2.45, 2.75) is 116 Å². The number of halogens is 1. The van der Waals surface area contributed by atoms with Crippen molar-refractivity contribution in [3.05, 3.63) is 0 Å². The summed E-state index contributed by atoms with van der Waals surface area (Å²) in [6, 6.07) is -0.663. The molecule has 4 N–H and O–H groups in total. The lowest BCUT2D eigenvalue weighted by molar-refractivity contribution is -0.139.